The Kier molecular flexibility index (Phi) is 13.0. The van der Waals surface area contributed by atoms with Crippen LogP contribution in [0.3, 0.4) is 0 Å². The van der Waals surface area contributed by atoms with Crippen molar-refractivity contribution in [2.24, 2.45) is 4.99 Å². The molecule has 0 spiro atoms. The van der Waals surface area contributed by atoms with E-state index in [1.54, 1.807) is 0 Å². The fraction of sp³-hybridized carbons (Fsp3) is 0.731. The largest absolute Gasteiger partial charge is 0.475 e. The van der Waals surface area contributed by atoms with Crippen LogP contribution < -0.4 is 0 Å². The van der Waals surface area contributed by atoms with Gasteiger partial charge in [-0.25, -0.2) is 4.99 Å². The lowest BCUT2D eigenvalue weighted by Gasteiger charge is -2.24. The second kappa shape index (κ2) is 15.5. The maximum Gasteiger partial charge on any atom is 0.264 e. The number of aliphatic hydroxyl groups is 1. The first-order valence-electron chi connectivity index (χ1n) is 12.7. The van der Waals surface area contributed by atoms with Gasteiger partial charge in [0.1, 0.15) is 18.8 Å². The van der Waals surface area contributed by atoms with E-state index in [0.29, 0.717) is 12.3 Å². The van der Waals surface area contributed by atoms with Gasteiger partial charge in [0.2, 0.25) is 5.90 Å². The SMILES string of the molecule is CCCCCCCCCCCCCC[C@@H](O)[C@@H](OS(C)(=O)=O)[C@@H]1COC(c2ccccc2)=N1. The van der Waals surface area contributed by atoms with Crippen LogP contribution >= 0.6 is 0 Å². The van der Waals surface area contributed by atoms with E-state index in [2.05, 4.69) is 11.9 Å². The number of aliphatic hydroxyl groups excluding tert-OH is 1. The summed E-state index contributed by atoms with van der Waals surface area (Å²) in [5, 5.41) is 10.7. The van der Waals surface area contributed by atoms with E-state index < -0.39 is 28.4 Å². The van der Waals surface area contributed by atoms with Crippen molar-refractivity contribution in [3.8, 4) is 0 Å². The van der Waals surface area contributed by atoms with Gasteiger partial charge in [0.05, 0.1) is 12.4 Å². The monoisotopic (exact) mass is 481 g/mol. The third-order valence-electron chi connectivity index (χ3n) is 6.09. The number of unbranched alkanes of at least 4 members (excludes halogenated alkanes) is 11. The lowest BCUT2D eigenvalue weighted by molar-refractivity contribution is 0.0149. The number of ether oxygens (including phenoxy) is 1. The maximum atomic E-state index is 11.8. The van der Waals surface area contributed by atoms with E-state index in [0.717, 1.165) is 31.1 Å². The molecule has 188 valence electrons. The summed E-state index contributed by atoms with van der Waals surface area (Å²) < 4.78 is 34.6. The molecule has 0 fully saturated rings. The van der Waals surface area contributed by atoms with Crippen LogP contribution in [0, 0.1) is 0 Å². The minimum atomic E-state index is -3.73. The van der Waals surface area contributed by atoms with Crippen molar-refractivity contribution in [2.45, 2.75) is 109 Å². The molecule has 0 saturated heterocycles. The molecule has 1 aromatic rings. The predicted octanol–water partition coefficient (Wildman–Crippen LogP) is 5.63. The Bertz CT molecular complexity index is 781. The molecule has 6 nitrogen and oxygen atoms in total. The highest BCUT2D eigenvalue weighted by molar-refractivity contribution is 7.86. The highest BCUT2D eigenvalue weighted by atomic mass is 32.2. The normalized spacial score (nSPS) is 18.0. The predicted molar refractivity (Wildman–Crippen MR) is 134 cm³/mol. The van der Waals surface area contributed by atoms with E-state index >= 15 is 0 Å². The molecule has 1 aliphatic rings. The van der Waals surface area contributed by atoms with Crippen molar-refractivity contribution in [3.63, 3.8) is 0 Å². The Morgan fingerprint density at radius 1 is 0.970 bits per heavy atom. The zero-order valence-electron chi connectivity index (χ0n) is 20.5. The Hall–Kier alpha value is -1.44. The maximum absolute atomic E-state index is 11.8. The van der Waals surface area contributed by atoms with Crippen LogP contribution in [-0.4, -0.2) is 50.5 Å². The molecular formula is C26H43NO5S. The van der Waals surface area contributed by atoms with Crippen LogP contribution in [0.25, 0.3) is 0 Å². The molecule has 1 aliphatic heterocycles. The fourth-order valence-electron chi connectivity index (χ4n) is 4.24. The minimum Gasteiger partial charge on any atom is -0.475 e. The molecule has 2 rings (SSSR count). The molecule has 0 aliphatic carbocycles. The third-order valence-corrected chi connectivity index (χ3v) is 6.66. The lowest BCUT2D eigenvalue weighted by Crippen LogP contribution is -2.41. The molecule has 3 atom stereocenters. The quantitative estimate of drug-likeness (QED) is 0.217. The van der Waals surface area contributed by atoms with E-state index in [1.807, 2.05) is 30.3 Å². The van der Waals surface area contributed by atoms with Gasteiger partial charge in [-0.05, 0) is 18.6 Å². The molecule has 0 aromatic heterocycles. The minimum absolute atomic E-state index is 0.194. The van der Waals surface area contributed by atoms with Crippen LogP contribution in [0.4, 0.5) is 0 Å². The third kappa shape index (κ3) is 11.5. The molecule has 1 aromatic carbocycles. The van der Waals surface area contributed by atoms with Crippen molar-refractivity contribution >= 4 is 16.0 Å². The van der Waals surface area contributed by atoms with Crippen molar-refractivity contribution in [1.29, 1.82) is 0 Å². The first kappa shape index (κ1) is 27.8. The summed E-state index contributed by atoms with van der Waals surface area (Å²) in [6, 6.07) is 8.91. The van der Waals surface area contributed by atoms with Gasteiger partial charge in [-0.2, -0.15) is 8.42 Å². The summed E-state index contributed by atoms with van der Waals surface area (Å²) in [5.41, 5.74) is 0.827. The Balaban J connectivity index is 1.71. The number of hydrogen-bond donors (Lipinski definition) is 1. The molecule has 0 unspecified atom stereocenters. The van der Waals surface area contributed by atoms with E-state index in [9.17, 15) is 13.5 Å². The number of hydrogen-bond acceptors (Lipinski definition) is 6. The molecule has 7 heteroatoms. The number of benzene rings is 1. The summed E-state index contributed by atoms with van der Waals surface area (Å²) >= 11 is 0. The van der Waals surface area contributed by atoms with Crippen molar-refractivity contribution in [2.75, 3.05) is 12.9 Å². The van der Waals surface area contributed by atoms with Gasteiger partial charge in [-0.15, -0.1) is 0 Å². The molecule has 0 radical (unpaired) electrons. The number of aliphatic imine (C=N–C) groups is 1. The second-order valence-corrected chi connectivity index (χ2v) is 10.8. The van der Waals surface area contributed by atoms with E-state index in [-0.39, 0.29) is 6.61 Å². The van der Waals surface area contributed by atoms with Crippen LogP contribution in [-0.2, 0) is 19.0 Å². The molecule has 1 N–H and O–H groups in total. The second-order valence-electron chi connectivity index (χ2n) is 9.19. The fourth-order valence-corrected chi connectivity index (χ4v) is 4.90. The molecule has 0 saturated carbocycles. The van der Waals surface area contributed by atoms with Gasteiger partial charge in [0.25, 0.3) is 10.1 Å². The standard InChI is InChI=1S/C26H43NO5S/c1-3-4-5-6-7-8-9-10-11-12-13-17-20-24(28)25(32-33(2,29)30)23-21-31-26(27-23)22-18-15-14-16-19-22/h14-16,18-19,23-25,28H,3-13,17,20-21H2,1-2H3/t23-,24+,25-/m0/s1. The molecule has 0 amide bonds. The average Bonchev–Trinajstić information content (AvgIpc) is 3.28. The summed E-state index contributed by atoms with van der Waals surface area (Å²) in [6.07, 6.45) is 14.5. The summed E-state index contributed by atoms with van der Waals surface area (Å²) in [4.78, 5) is 4.52. The molecular weight excluding hydrogens is 438 g/mol. The molecule has 1 heterocycles. The van der Waals surface area contributed by atoms with Gasteiger partial charge < -0.3 is 9.84 Å². The van der Waals surface area contributed by atoms with Gasteiger partial charge in [0, 0.05) is 5.56 Å². The summed E-state index contributed by atoms with van der Waals surface area (Å²) in [7, 11) is -3.73. The van der Waals surface area contributed by atoms with Crippen LogP contribution in [0.5, 0.6) is 0 Å². The Morgan fingerprint density at radius 3 is 2.06 bits per heavy atom. The topological polar surface area (TPSA) is 85.2 Å². The zero-order valence-corrected chi connectivity index (χ0v) is 21.3. The summed E-state index contributed by atoms with van der Waals surface area (Å²) in [6.45, 7) is 2.44. The summed E-state index contributed by atoms with van der Waals surface area (Å²) in [5.74, 6) is 0.459. The lowest BCUT2D eigenvalue weighted by atomic mass is 10.00. The van der Waals surface area contributed by atoms with Crippen molar-refractivity contribution < 1.29 is 22.4 Å². The number of rotatable bonds is 18. The van der Waals surface area contributed by atoms with Gasteiger partial charge in [-0.1, -0.05) is 102 Å². The van der Waals surface area contributed by atoms with E-state index in [1.165, 1.54) is 57.8 Å². The highest BCUT2D eigenvalue weighted by Crippen LogP contribution is 2.23. The molecule has 0 bridgehead atoms. The van der Waals surface area contributed by atoms with Crippen LogP contribution in [0.1, 0.15) is 96.0 Å². The molecule has 33 heavy (non-hydrogen) atoms. The van der Waals surface area contributed by atoms with Crippen LogP contribution in [0.2, 0.25) is 0 Å². The zero-order chi connectivity index (χ0) is 23.9. The van der Waals surface area contributed by atoms with E-state index in [4.69, 9.17) is 8.92 Å². The first-order valence-corrected chi connectivity index (χ1v) is 14.5. The average molecular weight is 482 g/mol. The van der Waals surface area contributed by atoms with Gasteiger partial charge in [0.15, 0.2) is 0 Å². The first-order chi connectivity index (χ1) is 15.9. The smallest absolute Gasteiger partial charge is 0.264 e. The van der Waals surface area contributed by atoms with Crippen LogP contribution in [0.15, 0.2) is 35.3 Å². The van der Waals surface area contributed by atoms with Crippen molar-refractivity contribution in [3.05, 3.63) is 35.9 Å². The Morgan fingerprint density at radius 2 is 1.52 bits per heavy atom. The van der Waals surface area contributed by atoms with Gasteiger partial charge >= 0.3 is 0 Å². The van der Waals surface area contributed by atoms with Gasteiger partial charge in [-0.3, -0.25) is 4.18 Å². The van der Waals surface area contributed by atoms with Crippen molar-refractivity contribution in [1.82, 2.24) is 0 Å². The number of nitrogens with zero attached hydrogens (tertiary/aromatic N) is 1. The highest BCUT2D eigenvalue weighted by Gasteiger charge is 2.36. The Labute approximate surface area is 200 Å².